The normalized spacial score (nSPS) is 14.6. The third-order valence-corrected chi connectivity index (χ3v) is 4.85. The molecule has 0 saturated carbocycles. The van der Waals surface area contributed by atoms with Crippen molar-refractivity contribution in [2.45, 2.75) is 25.2 Å². The number of nitrogens with zero attached hydrogens (tertiary/aromatic N) is 4. The fourth-order valence-corrected chi connectivity index (χ4v) is 3.14. The molecule has 0 bridgehead atoms. The summed E-state index contributed by atoms with van der Waals surface area (Å²) in [6.07, 6.45) is -2.51. The standard InChI is InChI=1S/C20H17F3N4O3/c21-20(22,23)13-5-6-17(24-9-13)30-14-10-27(11-14)18(28)7-8-26-12-25-16-4-2-1-3-15(16)19(26)29/h1-6,9,12,14H,7-8,10-11H2. The van der Waals surface area contributed by atoms with Crippen molar-refractivity contribution in [1.82, 2.24) is 19.4 Å². The molecule has 1 aliphatic rings. The SMILES string of the molecule is O=C(CCn1cnc2ccccc2c1=O)N1CC(Oc2ccc(C(F)(F)F)cn2)C1. The highest BCUT2D eigenvalue weighted by molar-refractivity contribution is 5.78. The number of amides is 1. The van der Waals surface area contributed by atoms with E-state index in [0.29, 0.717) is 30.2 Å². The molecular formula is C20H17F3N4O3. The number of alkyl halides is 3. The van der Waals surface area contributed by atoms with E-state index in [1.165, 1.54) is 10.9 Å². The predicted molar refractivity (Wildman–Crippen MR) is 101 cm³/mol. The molecule has 0 N–H and O–H groups in total. The van der Waals surface area contributed by atoms with Crippen LogP contribution >= 0.6 is 0 Å². The number of ether oxygens (including phenoxy) is 1. The molecule has 2 aromatic heterocycles. The van der Waals surface area contributed by atoms with Crippen LogP contribution in [-0.4, -0.2) is 44.5 Å². The number of pyridine rings is 1. The molecule has 1 saturated heterocycles. The van der Waals surface area contributed by atoms with Gasteiger partial charge in [-0.15, -0.1) is 0 Å². The van der Waals surface area contributed by atoms with Crippen molar-refractivity contribution >= 4 is 16.8 Å². The number of aromatic nitrogens is 3. The summed E-state index contributed by atoms with van der Waals surface area (Å²) in [7, 11) is 0. The van der Waals surface area contributed by atoms with Crippen LogP contribution in [0.1, 0.15) is 12.0 Å². The van der Waals surface area contributed by atoms with Gasteiger partial charge in [0.15, 0.2) is 0 Å². The lowest BCUT2D eigenvalue weighted by Gasteiger charge is -2.38. The fraction of sp³-hybridized carbons (Fsp3) is 0.300. The zero-order chi connectivity index (χ0) is 21.3. The number of halogens is 3. The number of hydrogen-bond donors (Lipinski definition) is 0. The van der Waals surface area contributed by atoms with Gasteiger partial charge in [0, 0.05) is 25.2 Å². The number of aryl methyl sites for hydroxylation is 1. The van der Waals surface area contributed by atoms with Crippen molar-refractivity contribution in [2.75, 3.05) is 13.1 Å². The van der Waals surface area contributed by atoms with Crippen LogP contribution in [0.15, 0.2) is 53.7 Å². The average Bonchev–Trinajstić information content (AvgIpc) is 2.69. The highest BCUT2D eigenvalue weighted by Gasteiger charge is 2.33. The van der Waals surface area contributed by atoms with Gasteiger partial charge in [-0.2, -0.15) is 13.2 Å². The molecule has 1 aliphatic heterocycles. The van der Waals surface area contributed by atoms with Crippen LogP contribution in [0.3, 0.4) is 0 Å². The molecule has 1 amide bonds. The van der Waals surface area contributed by atoms with Gasteiger partial charge in [0.25, 0.3) is 5.56 Å². The second-order valence-corrected chi connectivity index (χ2v) is 6.93. The van der Waals surface area contributed by atoms with E-state index in [1.54, 1.807) is 29.2 Å². The Kier molecular flexibility index (Phi) is 5.15. The van der Waals surface area contributed by atoms with Crippen LogP contribution in [-0.2, 0) is 17.5 Å². The maximum absolute atomic E-state index is 12.5. The Morgan fingerprint density at radius 3 is 2.60 bits per heavy atom. The van der Waals surface area contributed by atoms with Gasteiger partial charge in [0.2, 0.25) is 11.8 Å². The van der Waals surface area contributed by atoms with E-state index in [-0.39, 0.29) is 36.4 Å². The number of para-hydroxylation sites is 1. The molecular weight excluding hydrogens is 401 g/mol. The van der Waals surface area contributed by atoms with E-state index in [4.69, 9.17) is 4.74 Å². The minimum Gasteiger partial charge on any atom is -0.471 e. The summed E-state index contributed by atoms with van der Waals surface area (Å²) in [4.78, 5) is 34.2. The van der Waals surface area contributed by atoms with Gasteiger partial charge in [0.1, 0.15) is 6.10 Å². The minimum absolute atomic E-state index is 0.0777. The van der Waals surface area contributed by atoms with Crippen molar-refractivity contribution in [3.8, 4) is 5.88 Å². The first-order chi connectivity index (χ1) is 14.3. The van der Waals surface area contributed by atoms with E-state index >= 15 is 0 Å². The van der Waals surface area contributed by atoms with Crippen LogP contribution < -0.4 is 10.3 Å². The summed E-state index contributed by atoms with van der Waals surface area (Å²) in [5, 5.41) is 0.494. The first kappa shape index (κ1) is 19.9. The quantitative estimate of drug-likeness (QED) is 0.636. The number of rotatable bonds is 5. The average molecular weight is 418 g/mol. The van der Waals surface area contributed by atoms with E-state index in [2.05, 4.69) is 9.97 Å². The minimum atomic E-state index is -4.45. The summed E-state index contributed by atoms with van der Waals surface area (Å²) in [6.45, 7) is 0.830. The maximum atomic E-state index is 12.5. The van der Waals surface area contributed by atoms with Gasteiger partial charge >= 0.3 is 6.18 Å². The van der Waals surface area contributed by atoms with Crippen molar-refractivity contribution < 1.29 is 22.7 Å². The molecule has 4 rings (SSSR count). The van der Waals surface area contributed by atoms with Crippen molar-refractivity contribution in [3.05, 3.63) is 64.8 Å². The van der Waals surface area contributed by atoms with Crippen LogP contribution in [0, 0.1) is 0 Å². The Hall–Kier alpha value is -3.43. The zero-order valence-corrected chi connectivity index (χ0v) is 15.7. The summed E-state index contributed by atoms with van der Waals surface area (Å²) >= 11 is 0. The van der Waals surface area contributed by atoms with Crippen molar-refractivity contribution in [3.63, 3.8) is 0 Å². The molecule has 30 heavy (non-hydrogen) atoms. The van der Waals surface area contributed by atoms with Crippen molar-refractivity contribution in [2.24, 2.45) is 0 Å². The smallest absolute Gasteiger partial charge is 0.417 e. The molecule has 0 aliphatic carbocycles. The van der Waals surface area contributed by atoms with Crippen LogP contribution in [0.2, 0.25) is 0 Å². The van der Waals surface area contributed by atoms with Gasteiger partial charge in [0.05, 0.1) is 35.9 Å². The maximum Gasteiger partial charge on any atom is 0.417 e. The lowest BCUT2D eigenvalue weighted by molar-refractivity contribution is -0.141. The number of carbonyl (C=O) groups is 1. The van der Waals surface area contributed by atoms with Gasteiger partial charge in [-0.1, -0.05) is 12.1 Å². The summed E-state index contributed by atoms with van der Waals surface area (Å²) in [5.74, 6) is -0.0656. The van der Waals surface area contributed by atoms with Gasteiger partial charge in [-0.25, -0.2) is 9.97 Å². The highest BCUT2D eigenvalue weighted by Crippen LogP contribution is 2.29. The molecule has 156 valence electrons. The van der Waals surface area contributed by atoms with Crippen LogP contribution in [0.5, 0.6) is 5.88 Å². The monoisotopic (exact) mass is 418 g/mol. The third kappa shape index (κ3) is 4.12. The first-order valence-corrected chi connectivity index (χ1v) is 9.23. The van der Waals surface area contributed by atoms with E-state index < -0.39 is 11.7 Å². The van der Waals surface area contributed by atoms with Gasteiger partial charge in [-0.3, -0.25) is 14.2 Å². The summed E-state index contributed by atoms with van der Waals surface area (Å²) in [6, 6.07) is 9.05. The zero-order valence-electron chi connectivity index (χ0n) is 15.7. The Morgan fingerprint density at radius 2 is 1.90 bits per heavy atom. The third-order valence-electron chi connectivity index (χ3n) is 4.85. The summed E-state index contributed by atoms with van der Waals surface area (Å²) in [5.41, 5.74) is -0.449. The number of hydrogen-bond acceptors (Lipinski definition) is 5. The topological polar surface area (TPSA) is 77.3 Å². The second kappa shape index (κ2) is 7.77. The molecule has 3 heterocycles. The number of benzene rings is 1. The van der Waals surface area contributed by atoms with E-state index in [9.17, 15) is 22.8 Å². The van der Waals surface area contributed by atoms with Crippen molar-refractivity contribution in [1.29, 1.82) is 0 Å². The Bertz CT molecular complexity index is 1120. The largest absolute Gasteiger partial charge is 0.471 e. The predicted octanol–water partition coefficient (Wildman–Crippen LogP) is 2.49. The van der Waals surface area contributed by atoms with Gasteiger partial charge < -0.3 is 9.64 Å². The van der Waals surface area contributed by atoms with E-state index in [1.807, 2.05) is 0 Å². The molecule has 0 spiro atoms. The number of likely N-dealkylation sites (tertiary alicyclic amines) is 1. The van der Waals surface area contributed by atoms with Gasteiger partial charge in [-0.05, 0) is 18.2 Å². The molecule has 10 heteroatoms. The second-order valence-electron chi connectivity index (χ2n) is 6.93. The Balaban J connectivity index is 1.28. The fourth-order valence-electron chi connectivity index (χ4n) is 3.14. The number of fused-ring (bicyclic) bond motifs is 1. The molecule has 3 aromatic rings. The lowest BCUT2D eigenvalue weighted by Crippen LogP contribution is -2.56. The molecule has 0 atom stereocenters. The Morgan fingerprint density at radius 1 is 1.13 bits per heavy atom. The van der Waals surface area contributed by atoms with E-state index in [0.717, 1.165) is 12.1 Å². The molecule has 7 nitrogen and oxygen atoms in total. The molecule has 1 aromatic carbocycles. The molecule has 0 unspecified atom stereocenters. The first-order valence-electron chi connectivity index (χ1n) is 9.23. The lowest BCUT2D eigenvalue weighted by atomic mass is 10.1. The molecule has 0 radical (unpaired) electrons. The summed E-state index contributed by atoms with van der Waals surface area (Å²) < 4.78 is 44.5. The molecule has 1 fully saturated rings. The van der Waals surface area contributed by atoms with Crippen LogP contribution in [0.25, 0.3) is 10.9 Å². The number of carbonyl (C=O) groups excluding carboxylic acids is 1. The highest BCUT2D eigenvalue weighted by atomic mass is 19.4. The Labute approximate surface area is 168 Å². The van der Waals surface area contributed by atoms with Crippen LogP contribution in [0.4, 0.5) is 13.2 Å².